The van der Waals surface area contributed by atoms with E-state index in [9.17, 15) is 0 Å². The summed E-state index contributed by atoms with van der Waals surface area (Å²) in [6.07, 6.45) is 5.84. The van der Waals surface area contributed by atoms with Crippen molar-refractivity contribution >= 4 is 11.5 Å². The summed E-state index contributed by atoms with van der Waals surface area (Å²) in [4.78, 5) is 2.46. The van der Waals surface area contributed by atoms with Crippen molar-refractivity contribution in [1.82, 2.24) is 24.7 Å². The van der Waals surface area contributed by atoms with Gasteiger partial charge in [-0.25, -0.2) is 0 Å². The Morgan fingerprint density at radius 1 is 1.23 bits per heavy atom. The number of hydrogen-bond donors (Lipinski definition) is 1. The number of nitrogens with zero attached hydrogens (tertiary/aromatic N) is 5. The van der Waals surface area contributed by atoms with Gasteiger partial charge in [-0.2, -0.15) is 4.52 Å². The lowest BCUT2D eigenvalue weighted by molar-refractivity contribution is 0.225. The van der Waals surface area contributed by atoms with Crippen LogP contribution in [0.25, 0.3) is 5.65 Å². The lowest BCUT2D eigenvalue weighted by atomic mass is 10.2. The van der Waals surface area contributed by atoms with Crippen molar-refractivity contribution in [2.24, 2.45) is 0 Å². The first-order valence-corrected chi connectivity index (χ1v) is 7.58. The van der Waals surface area contributed by atoms with Crippen molar-refractivity contribution in [3.63, 3.8) is 0 Å². The maximum absolute atomic E-state index is 5.63. The maximum atomic E-state index is 5.63. The number of hydrogen-bond acceptors (Lipinski definition) is 6. The van der Waals surface area contributed by atoms with Crippen molar-refractivity contribution in [1.29, 1.82) is 0 Å². The van der Waals surface area contributed by atoms with E-state index in [0.717, 1.165) is 36.9 Å². The Hall–Kier alpha value is -2.41. The molecule has 1 fully saturated rings. The van der Waals surface area contributed by atoms with Gasteiger partial charge in [-0.1, -0.05) is 0 Å². The molecule has 114 valence electrons. The molecule has 0 saturated carbocycles. The van der Waals surface area contributed by atoms with Gasteiger partial charge in [-0.15, -0.1) is 15.3 Å². The topological polar surface area (TPSA) is 71.5 Å². The Morgan fingerprint density at radius 2 is 2.14 bits per heavy atom. The summed E-state index contributed by atoms with van der Waals surface area (Å²) in [5.41, 5.74) is 0.743. The fourth-order valence-corrected chi connectivity index (χ4v) is 2.97. The van der Waals surface area contributed by atoms with Gasteiger partial charge in [-0.3, -0.25) is 4.90 Å². The van der Waals surface area contributed by atoms with E-state index in [2.05, 4.69) is 25.5 Å². The number of likely N-dealkylation sites (tertiary alicyclic amines) is 1. The van der Waals surface area contributed by atoms with Gasteiger partial charge >= 0.3 is 0 Å². The summed E-state index contributed by atoms with van der Waals surface area (Å²) in [6, 6.07) is 8.05. The largest absolute Gasteiger partial charge is 0.468 e. The molecule has 0 radical (unpaired) electrons. The van der Waals surface area contributed by atoms with Crippen LogP contribution in [-0.4, -0.2) is 44.3 Å². The third kappa shape index (κ3) is 2.55. The van der Waals surface area contributed by atoms with Crippen LogP contribution in [0.4, 0.5) is 5.82 Å². The molecule has 0 amide bonds. The zero-order valence-corrected chi connectivity index (χ0v) is 12.2. The van der Waals surface area contributed by atoms with Gasteiger partial charge in [0.25, 0.3) is 0 Å². The second-order valence-electron chi connectivity index (χ2n) is 5.51. The number of rotatable bonds is 5. The van der Waals surface area contributed by atoms with Crippen LogP contribution >= 0.6 is 0 Å². The molecule has 22 heavy (non-hydrogen) atoms. The highest BCUT2D eigenvalue weighted by molar-refractivity contribution is 5.43. The standard InChI is InChI=1S/C15H18N6O/c1-2-8-20(7-1)12(13-4-3-9-22-13)10-16-14-5-6-15-18-17-11-21(15)19-14/h3-6,9,11-12H,1-2,7-8,10H2,(H,16,19)/t12-/m1/s1. The number of fused-ring (bicyclic) bond motifs is 1. The van der Waals surface area contributed by atoms with Crippen LogP contribution < -0.4 is 5.32 Å². The van der Waals surface area contributed by atoms with Crippen molar-refractivity contribution < 1.29 is 4.42 Å². The summed E-state index contributed by atoms with van der Waals surface area (Å²) in [7, 11) is 0. The predicted molar refractivity (Wildman–Crippen MR) is 81.5 cm³/mol. The molecule has 0 bridgehead atoms. The highest BCUT2D eigenvalue weighted by Crippen LogP contribution is 2.25. The molecule has 7 heteroatoms. The Bertz CT molecular complexity index is 731. The van der Waals surface area contributed by atoms with Crippen LogP contribution in [-0.2, 0) is 0 Å². The highest BCUT2D eigenvalue weighted by atomic mass is 16.3. The van der Waals surface area contributed by atoms with Gasteiger partial charge in [0.05, 0.1) is 12.3 Å². The minimum Gasteiger partial charge on any atom is -0.468 e. The number of aromatic nitrogens is 4. The first-order valence-electron chi connectivity index (χ1n) is 7.58. The Kier molecular flexibility index (Phi) is 3.48. The second-order valence-corrected chi connectivity index (χ2v) is 5.51. The molecule has 1 atom stereocenters. The fraction of sp³-hybridized carbons (Fsp3) is 0.400. The van der Waals surface area contributed by atoms with E-state index in [0.29, 0.717) is 0 Å². The van der Waals surface area contributed by atoms with E-state index in [-0.39, 0.29) is 6.04 Å². The van der Waals surface area contributed by atoms with Crippen molar-refractivity contribution in [2.45, 2.75) is 18.9 Å². The first kappa shape index (κ1) is 13.3. The van der Waals surface area contributed by atoms with Crippen LogP contribution in [0.3, 0.4) is 0 Å². The quantitative estimate of drug-likeness (QED) is 0.776. The molecule has 0 aromatic carbocycles. The summed E-state index contributed by atoms with van der Waals surface area (Å²) >= 11 is 0. The highest BCUT2D eigenvalue weighted by Gasteiger charge is 2.25. The Morgan fingerprint density at radius 3 is 2.95 bits per heavy atom. The molecule has 1 aliphatic heterocycles. The van der Waals surface area contributed by atoms with Gasteiger partial charge in [0.1, 0.15) is 17.9 Å². The maximum Gasteiger partial charge on any atom is 0.177 e. The van der Waals surface area contributed by atoms with E-state index < -0.39 is 0 Å². The minimum atomic E-state index is 0.232. The van der Waals surface area contributed by atoms with E-state index in [1.165, 1.54) is 12.8 Å². The average molecular weight is 298 g/mol. The summed E-state index contributed by atoms with van der Waals surface area (Å²) < 4.78 is 7.29. The molecular formula is C15H18N6O. The summed E-state index contributed by atoms with van der Waals surface area (Å²) in [5.74, 6) is 1.81. The molecule has 4 rings (SSSR count). The lowest BCUT2D eigenvalue weighted by Crippen LogP contribution is -2.31. The molecule has 3 aromatic heterocycles. The third-order valence-corrected chi connectivity index (χ3v) is 4.09. The predicted octanol–water partition coefficient (Wildman–Crippen LogP) is 1.97. The Balaban J connectivity index is 1.51. The molecule has 1 aliphatic rings. The third-order valence-electron chi connectivity index (χ3n) is 4.09. The van der Waals surface area contributed by atoms with Gasteiger partial charge < -0.3 is 9.73 Å². The molecule has 4 heterocycles. The van der Waals surface area contributed by atoms with Crippen LogP contribution in [0.15, 0.2) is 41.3 Å². The van der Waals surface area contributed by atoms with Crippen LogP contribution in [0, 0.1) is 0 Å². The average Bonchev–Trinajstić information content (AvgIpc) is 3.30. The zero-order chi connectivity index (χ0) is 14.8. The smallest absolute Gasteiger partial charge is 0.177 e. The van der Waals surface area contributed by atoms with E-state index in [4.69, 9.17) is 4.42 Å². The van der Waals surface area contributed by atoms with Crippen LogP contribution in [0.5, 0.6) is 0 Å². The molecule has 3 aromatic rings. The van der Waals surface area contributed by atoms with Gasteiger partial charge in [0.15, 0.2) is 5.65 Å². The molecule has 1 N–H and O–H groups in total. The summed E-state index contributed by atoms with van der Waals surface area (Å²) in [6.45, 7) is 2.99. The molecule has 0 unspecified atom stereocenters. The molecule has 0 spiro atoms. The molecule has 1 saturated heterocycles. The zero-order valence-electron chi connectivity index (χ0n) is 12.2. The van der Waals surface area contributed by atoms with Gasteiger partial charge in [0, 0.05) is 6.54 Å². The number of nitrogens with one attached hydrogen (secondary N) is 1. The number of anilines is 1. The van der Waals surface area contributed by atoms with Gasteiger partial charge in [0.2, 0.25) is 0 Å². The van der Waals surface area contributed by atoms with Gasteiger partial charge in [-0.05, 0) is 50.2 Å². The van der Waals surface area contributed by atoms with E-state index in [1.54, 1.807) is 17.1 Å². The molecule has 7 nitrogen and oxygen atoms in total. The molecular weight excluding hydrogens is 280 g/mol. The Labute approximate surface area is 127 Å². The van der Waals surface area contributed by atoms with Crippen LogP contribution in [0.1, 0.15) is 24.6 Å². The van der Waals surface area contributed by atoms with Crippen LogP contribution in [0.2, 0.25) is 0 Å². The van der Waals surface area contributed by atoms with E-state index in [1.807, 2.05) is 24.3 Å². The SMILES string of the molecule is c1coc([C@@H](CNc2ccc3nncn3n2)N2CCCC2)c1. The lowest BCUT2D eigenvalue weighted by Gasteiger charge is -2.26. The van der Waals surface area contributed by atoms with Crippen molar-refractivity contribution in [3.8, 4) is 0 Å². The van der Waals surface area contributed by atoms with E-state index >= 15 is 0 Å². The van der Waals surface area contributed by atoms with Crippen molar-refractivity contribution in [2.75, 3.05) is 25.0 Å². The monoisotopic (exact) mass is 298 g/mol. The second kappa shape index (κ2) is 5.76. The number of furan rings is 1. The molecule has 0 aliphatic carbocycles. The minimum absolute atomic E-state index is 0.232. The fourth-order valence-electron chi connectivity index (χ4n) is 2.97. The first-order chi connectivity index (χ1) is 10.9. The summed E-state index contributed by atoms with van der Waals surface area (Å²) in [5, 5.41) is 15.6. The van der Waals surface area contributed by atoms with Crippen molar-refractivity contribution in [3.05, 3.63) is 42.6 Å². The normalized spacial score (nSPS) is 17.1.